The molecule has 0 aromatic heterocycles. The lowest BCUT2D eigenvalue weighted by Crippen LogP contribution is -2.42. The van der Waals surface area contributed by atoms with Crippen molar-refractivity contribution in [3.63, 3.8) is 0 Å². The van der Waals surface area contributed by atoms with Crippen LogP contribution in [-0.4, -0.2) is 36.3 Å². The molecule has 2 atom stereocenters. The number of rotatable bonds is 5. The lowest BCUT2D eigenvalue weighted by Gasteiger charge is -2.29. The van der Waals surface area contributed by atoms with Crippen LogP contribution in [0.25, 0.3) is 0 Å². The van der Waals surface area contributed by atoms with Crippen molar-refractivity contribution in [3.8, 4) is 0 Å². The maximum atomic E-state index is 13.2. The van der Waals surface area contributed by atoms with Gasteiger partial charge in [-0.1, -0.05) is 19.8 Å². The molecule has 1 aliphatic carbocycles. The van der Waals surface area contributed by atoms with E-state index in [2.05, 4.69) is 12.2 Å². The number of esters is 1. The first-order chi connectivity index (χ1) is 15.3. The quantitative estimate of drug-likeness (QED) is 0.570. The number of carbonyl (C=O) groups excluding carboxylic acids is 4. The van der Waals surface area contributed by atoms with Gasteiger partial charge >= 0.3 is 5.97 Å². The number of hydrogen-bond donors (Lipinski definition) is 1. The molecule has 2 aromatic rings. The molecule has 3 amide bonds. The van der Waals surface area contributed by atoms with E-state index >= 15 is 0 Å². The number of hydrogen-bond acceptors (Lipinski definition) is 5. The second kappa shape index (κ2) is 8.90. The molecule has 1 heterocycles. The van der Waals surface area contributed by atoms with Crippen molar-refractivity contribution in [2.24, 2.45) is 5.92 Å². The van der Waals surface area contributed by atoms with Crippen LogP contribution >= 0.6 is 0 Å². The number of benzene rings is 2. The monoisotopic (exact) mass is 438 g/mol. The second-order valence-electron chi connectivity index (χ2n) is 8.19. The van der Waals surface area contributed by atoms with Gasteiger partial charge in [-0.2, -0.15) is 0 Å². The zero-order chi connectivity index (χ0) is 22.8. The third kappa shape index (κ3) is 4.26. The summed E-state index contributed by atoms with van der Waals surface area (Å²) in [7, 11) is 0. The Morgan fingerprint density at radius 1 is 1.03 bits per heavy atom. The number of fused-ring (bicyclic) bond motifs is 1. The summed E-state index contributed by atoms with van der Waals surface area (Å²) in [5, 5.41) is 2.91. The minimum absolute atomic E-state index is 0.0502. The first kappa shape index (κ1) is 21.7. The highest BCUT2D eigenvalue weighted by molar-refractivity contribution is 6.34. The highest BCUT2D eigenvalue weighted by atomic mass is 19.1. The van der Waals surface area contributed by atoms with Gasteiger partial charge in [0.15, 0.2) is 6.61 Å². The Balaban J connectivity index is 1.42. The molecule has 1 fully saturated rings. The van der Waals surface area contributed by atoms with E-state index in [4.69, 9.17) is 4.74 Å². The van der Waals surface area contributed by atoms with E-state index < -0.39 is 30.2 Å². The van der Waals surface area contributed by atoms with Gasteiger partial charge in [0.1, 0.15) is 5.82 Å². The fourth-order valence-corrected chi connectivity index (χ4v) is 4.19. The van der Waals surface area contributed by atoms with Crippen molar-refractivity contribution in [2.75, 3.05) is 11.5 Å². The average molecular weight is 438 g/mol. The molecule has 166 valence electrons. The lowest BCUT2D eigenvalue weighted by atomic mass is 9.86. The van der Waals surface area contributed by atoms with Crippen LogP contribution in [-0.2, 0) is 9.53 Å². The molecule has 2 aromatic carbocycles. The van der Waals surface area contributed by atoms with Crippen LogP contribution in [0, 0.1) is 11.7 Å². The Morgan fingerprint density at radius 2 is 1.72 bits per heavy atom. The van der Waals surface area contributed by atoms with E-state index in [-0.39, 0.29) is 34.3 Å². The molecule has 0 bridgehead atoms. The van der Waals surface area contributed by atoms with Gasteiger partial charge in [0.05, 0.1) is 22.4 Å². The van der Waals surface area contributed by atoms with Crippen molar-refractivity contribution in [3.05, 3.63) is 65.0 Å². The van der Waals surface area contributed by atoms with Gasteiger partial charge < -0.3 is 10.1 Å². The molecule has 4 rings (SSSR count). The van der Waals surface area contributed by atoms with E-state index in [1.165, 1.54) is 30.3 Å². The third-order valence-corrected chi connectivity index (χ3v) is 6.00. The van der Waals surface area contributed by atoms with E-state index in [0.29, 0.717) is 5.92 Å². The van der Waals surface area contributed by atoms with Gasteiger partial charge in [-0.15, -0.1) is 0 Å². The Hall–Kier alpha value is -3.55. The normalized spacial score (nSPS) is 20.1. The number of ether oxygens (including phenoxy) is 1. The molecular weight excluding hydrogens is 415 g/mol. The zero-order valence-corrected chi connectivity index (χ0v) is 17.6. The number of nitrogens with zero attached hydrogens (tertiary/aromatic N) is 1. The lowest BCUT2D eigenvalue weighted by molar-refractivity contribution is -0.125. The van der Waals surface area contributed by atoms with Gasteiger partial charge in [0, 0.05) is 6.04 Å². The molecular formula is C24H23FN2O5. The minimum atomic E-state index is -0.764. The molecule has 0 saturated heterocycles. The van der Waals surface area contributed by atoms with E-state index in [1.54, 1.807) is 0 Å². The van der Waals surface area contributed by atoms with Gasteiger partial charge in [0.2, 0.25) is 0 Å². The van der Waals surface area contributed by atoms with E-state index in [1.807, 2.05) is 0 Å². The number of halogens is 1. The highest BCUT2D eigenvalue weighted by Crippen LogP contribution is 2.29. The maximum absolute atomic E-state index is 13.2. The van der Waals surface area contributed by atoms with Crippen molar-refractivity contribution >= 4 is 29.4 Å². The fourth-order valence-electron chi connectivity index (χ4n) is 4.19. The van der Waals surface area contributed by atoms with Crippen LogP contribution in [0.15, 0.2) is 42.5 Å². The van der Waals surface area contributed by atoms with Gasteiger partial charge in [-0.05, 0) is 61.2 Å². The summed E-state index contributed by atoms with van der Waals surface area (Å²) in [6.45, 7) is 1.67. The maximum Gasteiger partial charge on any atom is 0.338 e. The molecule has 7 nitrogen and oxygen atoms in total. The molecule has 0 radical (unpaired) electrons. The Bertz CT molecular complexity index is 1080. The fraction of sp³-hybridized carbons (Fsp3) is 0.333. The molecule has 1 N–H and O–H groups in total. The molecule has 1 aliphatic heterocycles. The summed E-state index contributed by atoms with van der Waals surface area (Å²) in [4.78, 5) is 51.0. The molecule has 0 spiro atoms. The van der Waals surface area contributed by atoms with E-state index in [9.17, 15) is 23.6 Å². The average Bonchev–Trinajstić information content (AvgIpc) is 3.04. The van der Waals surface area contributed by atoms with Gasteiger partial charge in [0.25, 0.3) is 17.7 Å². The summed E-state index contributed by atoms with van der Waals surface area (Å²) in [5.41, 5.74) is 0.481. The summed E-state index contributed by atoms with van der Waals surface area (Å²) in [6.07, 6.45) is 4.18. The number of carbonyl (C=O) groups is 4. The van der Waals surface area contributed by atoms with Gasteiger partial charge in [-0.3, -0.25) is 14.4 Å². The molecule has 0 unspecified atom stereocenters. The van der Waals surface area contributed by atoms with Crippen LogP contribution in [0.2, 0.25) is 0 Å². The second-order valence-corrected chi connectivity index (χ2v) is 8.19. The molecule has 2 aliphatic rings. The van der Waals surface area contributed by atoms with Crippen LogP contribution in [0.4, 0.5) is 10.1 Å². The van der Waals surface area contributed by atoms with Crippen LogP contribution < -0.4 is 10.2 Å². The Labute approximate surface area is 184 Å². The number of nitrogens with one attached hydrogen (secondary N) is 1. The van der Waals surface area contributed by atoms with Crippen LogP contribution in [0.5, 0.6) is 0 Å². The Morgan fingerprint density at radius 3 is 2.44 bits per heavy atom. The van der Waals surface area contributed by atoms with Gasteiger partial charge in [-0.25, -0.2) is 14.1 Å². The summed E-state index contributed by atoms with van der Waals surface area (Å²) >= 11 is 0. The zero-order valence-electron chi connectivity index (χ0n) is 17.6. The van der Waals surface area contributed by atoms with Crippen molar-refractivity contribution in [2.45, 2.75) is 38.6 Å². The topological polar surface area (TPSA) is 92.8 Å². The standard InChI is InChI=1S/C24H23FN2O5/c1-14-4-2-3-5-20(14)26-21(28)13-32-24(31)15-6-11-18-19(12-15)23(30)27(22(18)29)17-9-7-16(25)8-10-17/h6-12,14,20H,2-5,13H2,1H3,(H,26,28)/t14-,20-/m0/s1. The molecule has 1 saturated carbocycles. The number of imide groups is 1. The number of anilines is 1. The predicted octanol–water partition coefficient (Wildman–Crippen LogP) is 3.48. The highest BCUT2D eigenvalue weighted by Gasteiger charge is 2.37. The SMILES string of the molecule is C[C@H]1CCCC[C@@H]1NC(=O)COC(=O)c1ccc2c(c1)C(=O)N(c1ccc(F)cc1)C2=O. The summed E-state index contributed by atoms with van der Waals surface area (Å²) in [5.74, 6) is -2.41. The van der Waals surface area contributed by atoms with Crippen LogP contribution in [0.3, 0.4) is 0 Å². The number of amides is 3. The van der Waals surface area contributed by atoms with Crippen LogP contribution in [0.1, 0.15) is 63.7 Å². The summed E-state index contributed by atoms with van der Waals surface area (Å²) < 4.78 is 18.3. The van der Waals surface area contributed by atoms with Crippen molar-refractivity contribution in [1.82, 2.24) is 5.32 Å². The minimum Gasteiger partial charge on any atom is -0.452 e. The molecule has 8 heteroatoms. The van der Waals surface area contributed by atoms with Crippen molar-refractivity contribution < 1.29 is 28.3 Å². The predicted molar refractivity (Wildman–Crippen MR) is 114 cm³/mol. The molecule has 32 heavy (non-hydrogen) atoms. The van der Waals surface area contributed by atoms with E-state index in [0.717, 1.165) is 42.7 Å². The summed E-state index contributed by atoms with van der Waals surface area (Å²) in [6, 6.07) is 9.08. The smallest absolute Gasteiger partial charge is 0.338 e. The largest absolute Gasteiger partial charge is 0.452 e. The first-order valence-corrected chi connectivity index (χ1v) is 10.6. The first-order valence-electron chi connectivity index (χ1n) is 10.6. The Kier molecular flexibility index (Phi) is 6.03. The van der Waals surface area contributed by atoms with Crippen molar-refractivity contribution in [1.29, 1.82) is 0 Å². The third-order valence-electron chi connectivity index (χ3n) is 6.00.